The van der Waals surface area contributed by atoms with Gasteiger partial charge >= 0.3 is 6.18 Å². The molecule has 0 aromatic heterocycles. The highest BCUT2D eigenvalue weighted by atomic mass is 127. The first kappa shape index (κ1) is 9.25. The average Bonchev–Trinajstić information content (AvgIpc) is 1.21. The minimum absolute atomic E-state index is 0.342. The molecule has 5 heteroatoms. The molecule has 0 aliphatic heterocycles. The second-order valence-electron chi connectivity index (χ2n) is 1.21. The molecule has 0 aliphatic rings. The van der Waals surface area contributed by atoms with E-state index in [0.29, 0.717) is 0 Å². The fraction of sp³-hybridized carbons (Fsp3) is 1.00. The lowest BCUT2D eigenvalue weighted by molar-refractivity contribution is -0.129. The predicted molar refractivity (Wildman–Crippen MR) is 42.5 cm³/mol. The first-order chi connectivity index (χ1) is 3.42. The Morgan fingerprint density at radius 3 is 1.62 bits per heavy atom. The molecule has 0 nitrogen and oxygen atoms in total. The molecule has 0 aliphatic carbocycles. The molecule has 8 heavy (non-hydrogen) atoms. The van der Waals surface area contributed by atoms with E-state index in [4.69, 9.17) is 0 Å². The SMILES string of the molecule is FC(F)(F)CC(I)I. The molecule has 0 heterocycles. The van der Waals surface area contributed by atoms with Gasteiger partial charge in [0.25, 0.3) is 0 Å². The summed E-state index contributed by atoms with van der Waals surface area (Å²) in [6, 6.07) is 0. The van der Waals surface area contributed by atoms with E-state index < -0.39 is 12.6 Å². The van der Waals surface area contributed by atoms with E-state index in [-0.39, 0.29) is 1.93 Å². The maximum absolute atomic E-state index is 11.3. The van der Waals surface area contributed by atoms with Crippen LogP contribution in [0.1, 0.15) is 6.42 Å². The largest absolute Gasteiger partial charge is 0.390 e. The highest BCUT2D eigenvalue weighted by Gasteiger charge is 2.29. The van der Waals surface area contributed by atoms with Crippen LogP contribution in [-0.4, -0.2) is 8.11 Å². The molecule has 50 valence electrons. The summed E-state index contributed by atoms with van der Waals surface area (Å²) in [6.45, 7) is 0. The van der Waals surface area contributed by atoms with E-state index >= 15 is 0 Å². The van der Waals surface area contributed by atoms with Crippen LogP contribution in [0.15, 0.2) is 0 Å². The lowest BCUT2D eigenvalue weighted by atomic mass is 10.5. The maximum Gasteiger partial charge on any atom is 0.390 e. The third kappa shape index (κ3) is 7.25. The quantitative estimate of drug-likeness (QED) is 0.504. The smallest absolute Gasteiger partial charge is 0.171 e. The Balaban J connectivity index is 3.39. The lowest BCUT2D eigenvalue weighted by Gasteiger charge is -2.04. The minimum atomic E-state index is -3.99. The minimum Gasteiger partial charge on any atom is -0.171 e. The summed E-state index contributed by atoms with van der Waals surface area (Å²) in [7, 11) is 0. The van der Waals surface area contributed by atoms with E-state index in [1.807, 2.05) is 0 Å². The summed E-state index contributed by atoms with van der Waals surface area (Å²) in [6.07, 6.45) is -4.69. The zero-order valence-corrected chi connectivity index (χ0v) is 7.99. The third-order valence-electron chi connectivity index (χ3n) is 0.386. The van der Waals surface area contributed by atoms with Crippen LogP contribution in [0.5, 0.6) is 0 Å². The Morgan fingerprint density at radius 2 is 1.62 bits per heavy atom. The topological polar surface area (TPSA) is 0 Å². The van der Waals surface area contributed by atoms with Crippen molar-refractivity contribution in [3.8, 4) is 0 Å². The van der Waals surface area contributed by atoms with Gasteiger partial charge in [0.2, 0.25) is 0 Å². The normalized spacial score (nSPS) is 12.8. The van der Waals surface area contributed by atoms with Crippen LogP contribution in [0.2, 0.25) is 0 Å². The second kappa shape index (κ2) is 3.43. The van der Waals surface area contributed by atoms with Crippen molar-refractivity contribution in [2.24, 2.45) is 0 Å². The Labute approximate surface area is 72.5 Å². The molecule has 0 saturated carbocycles. The molecule has 0 N–H and O–H groups in total. The van der Waals surface area contributed by atoms with Crippen LogP contribution in [0.4, 0.5) is 13.2 Å². The lowest BCUT2D eigenvalue weighted by Crippen LogP contribution is -2.10. The van der Waals surface area contributed by atoms with Crippen molar-refractivity contribution in [1.29, 1.82) is 0 Å². The summed E-state index contributed by atoms with van der Waals surface area (Å²) in [5.41, 5.74) is 0. The van der Waals surface area contributed by atoms with Crippen molar-refractivity contribution >= 4 is 45.2 Å². The zero-order chi connectivity index (χ0) is 6.78. The molecule has 0 spiro atoms. The fourth-order valence-electron chi connectivity index (χ4n) is 0.175. The number of halogens is 5. The van der Waals surface area contributed by atoms with Crippen molar-refractivity contribution < 1.29 is 13.2 Å². The van der Waals surface area contributed by atoms with Gasteiger partial charge in [-0.3, -0.25) is 0 Å². The van der Waals surface area contributed by atoms with E-state index in [0.717, 1.165) is 0 Å². The Kier molecular flexibility index (Phi) is 3.96. The molecule has 0 radical (unpaired) electrons. The first-order valence-electron chi connectivity index (χ1n) is 1.77. The summed E-state index contributed by atoms with van der Waals surface area (Å²) in [5, 5.41) is 0. The molecular formula is C3H3F3I2. The summed E-state index contributed by atoms with van der Waals surface area (Å²) < 4.78 is 33.5. The van der Waals surface area contributed by atoms with Gasteiger partial charge in [0.15, 0.2) is 0 Å². The molecule has 0 aromatic rings. The summed E-state index contributed by atoms with van der Waals surface area (Å²) in [5.74, 6) is 0. The number of rotatable bonds is 1. The second-order valence-corrected chi connectivity index (χ2v) is 6.60. The monoisotopic (exact) mass is 350 g/mol. The van der Waals surface area contributed by atoms with E-state index in [1.165, 1.54) is 0 Å². The van der Waals surface area contributed by atoms with Crippen molar-refractivity contribution in [2.45, 2.75) is 14.5 Å². The Morgan fingerprint density at radius 1 is 1.25 bits per heavy atom. The van der Waals surface area contributed by atoms with Gasteiger partial charge in [-0.25, -0.2) is 0 Å². The van der Waals surface area contributed by atoms with Gasteiger partial charge in [-0.1, -0.05) is 45.2 Å². The number of hydrogen-bond acceptors (Lipinski definition) is 0. The van der Waals surface area contributed by atoms with Gasteiger partial charge in [0.05, 0.1) is 8.35 Å². The van der Waals surface area contributed by atoms with E-state index in [2.05, 4.69) is 0 Å². The van der Waals surface area contributed by atoms with Gasteiger partial charge in [0, 0.05) is 0 Å². The molecule has 0 saturated heterocycles. The van der Waals surface area contributed by atoms with Gasteiger partial charge in [-0.15, -0.1) is 0 Å². The van der Waals surface area contributed by atoms with Gasteiger partial charge < -0.3 is 0 Å². The van der Waals surface area contributed by atoms with Crippen LogP contribution in [0.25, 0.3) is 0 Å². The van der Waals surface area contributed by atoms with Crippen molar-refractivity contribution in [3.63, 3.8) is 0 Å². The van der Waals surface area contributed by atoms with E-state index in [1.54, 1.807) is 45.2 Å². The van der Waals surface area contributed by atoms with Crippen LogP contribution >= 0.6 is 45.2 Å². The molecule has 0 aromatic carbocycles. The van der Waals surface area contributed by atoms with E-state index in [9.17, 15) is 13.2 Å². The summed E-state index contributed by atoms with van der Waals surface area (Å²) >= 11 is 3.47. The number of hydrogen-bond donors (Lipinski definition) is 0. The summed E-state index contributed by atoms with van der Waals surface area (Å²) in [4.78, 5) is 0. The molecule has 0 unspecified atom stereocenters. The van der Waals surface area contributed by atoms with Gasteiger partial charge in [-0.2, -0.15) is 13.2 Å². The van der Waals surface area contributed by atoms with Gasteiger partial charge in [-0.05, 0) is 0 Å². The number of alkyl halides is 5. The van der Waals surface area contributed by atoms with Crippen LogP contribution in [-0.2, 0) is 0 Å². The third-order valence-corrected chi connectivity index (χ3v) is 1.27. The van der Waals surface area contributed by atoms with Crippen LogP contribution in [0, 0.1) is 0 Å². The van der Waals surface area contributed by atoms with Crippen LogP contribution in [0.3, 0.4) is 0 Å². The molecule has 0 bridgehead atoms. The Hall–Kier alpha value is 1.25. The van der Waals surface area contributed by atoms with Crippen molar-refractivity contribution in [2.75, 3.05) is 0 Å². The van der Waals surface area contributed by atoms with Gasteiger partial charge in [0.1, 0.15) is 0 Å². The first-order valence-corrected chi connectivity index (χ1v) is 4.26. The molecule has 0 fully saturated rings. The van der Waals surface area contributed by atoms with Crippen LogP contribution < -0.4 is 0 Å². The molecule has 0 rings (SSSR count). The Bertz CT molecular complexity index is 67.4. The zero-order valence-electron chi connectivity index (χ0n) is 3.67. The molecule has 0 amide bonds. The molecule has 0 atom stereocenters. The highest BCUT2D eigenvalue weighted by Crippen LogP contribution is 2.28. The maximum atomic E-state index is 11.3. The average molecular weight is 350 g/mol. The fourth-order valence-corrected chi connectivity index (χ4v) is 1.17. The molecular weight excluding hydrogens is 347 g/mol. The van der Waals surface area contributed by atoms with Crippen molar-refractivity contribution in [1.82, 2.24) is 0 Å². The van der Waals surface area contributed by atoms with Crippen molar-refractivity contribution in [3.05, 3.63) is 0 Å². The highest BCUT2D eigenvalue weighted by molar-refractivity contribution is 14.2. The standard InChI is InChI=1S/C3H3F3I2/c4-3(5,6)1-2(7)8/h2H,1H2. The predicted octanol–water partition coefficient (Wildman–Crippen LogP) is 3.13.